The lowest BCUT2D eigenvalue weighted by atomic mass is 10.2. The molecule has 0 saturated carbocycles. The van der Waals surface area contributed by atoms with Gasteiger partial charge in [-0.25, -0.2) is 0 Å². The third-order valence-corrected chi connectivity index (χ3v) is 4.42. The van der Waals surface area contributed by atoms with Gasteiger partial charge in [0.2, 0.25) is 0 Å². The van der Waals surface area contributed by atoms with Crippen molar-refractivity contribution in [2.75, 3.05) is 6.54 Å². The highest BCUT2D eigenvalue weighted by atomic mass is 32.1. The summed E-state index contributed by atoms with van der Waals surface area (Å²) in [5, 5.41) is 15.6. The molecule has 0 spiro atoms. The van der Waals surface area contributed by atoms with Gasteiger partial charge in [-0.3, -0.25) is 0 Å². The SMILES string of the molecule is OC(CNC(c1cccs1)c1cccs1)C(F)(F)F. The van der Waals surface area contributed by atoms with Crippen molar-refractivity contribution < 1.29 is 18.3 Å². The van der Waals surface area contributed by atoms with Gasteiger partial charge in [-0.05, 0) is 22.9 Å². The monoisotopic (exact) mass is 307 g/mol. The smallest absolute Gasteiger partial charge is 0.382 e. The predicted octanol–water partition coefficient (Wildman–Crippen LogP) is 3.41. The van der Waals surface area contributed by atoms with E-state index in [1.54, 1.807) is 0 Å². The summed E-state index contributed by atoms with van der Waals surface area (Å²) in [6.07, 6.45) is -6.95. The maximum absolute atomic E-state index is 12.3. The molecule has 0 amide bonds. The molecule has 0 bridgehead atoms. The standard InChI is InChI=1S/C12H12F3NOS2/c13-12(14,15)10(17)7-16-11(8-3-1-5-18-8)9-4-2-6-19-9/h1-6,10-11,16-17H,7H2. The molecule has 7 heteroatoms. The van der Waals surface area contributed by atoms with Crippen LogP contribution in [-0.4, -0.2) is 23.9 Å². The quantitative estimate of drug-likeness (QED) is 0.887. The zero-order valence-electron chi connectivity index (χ0n) is 9.72. The average molecular weight is 307 g/mol. The number of alkyl halides is 3. The predicted molar refractivity (Wildman–Crippen MR) is 70.5 cm³/mol. The Morgan fingerprint density at radius 2 is 1.63 bits per heavy atom. The van der Waals surface area contributed by atoms with Gasteiger partial charge in [-0.15, -0.1) is 22.7 Å². The molecule has 2 aromatic rings. The molecular formula is C12H12F3NOS2. The molecule has 2 rings (SSSR count). The van der Waals surface area contributed by atoms with E-state index < -0.39 is 18.8 Å². The zero-order valence-corrected chi connectivity index (χ0v) is 11.4. The Labute approximate surface area is 116 Å². The van der Waals surface area contributed by atoms with Crippen LogP contribution in [0.15, 0.2) is 35.0 Å². The van der Waals surface area contributed by atoms with Gasteiger partial charge in [0.1, 0.15) is 0 Å². The van der Waals surface area contributed by atoms with Crippen LogP contribution < -0.4 is 5.32 Å². The van der Waals surface area contributed by atoms with Crippen LogP contribution in [0.4, 0.5) is 13.2 Å². The Morgan fingerprint density at radius 1 is 1.11 bits per heavy atom. The lowest BCUT2D eigenvalue weighted by Crippen LogP contribution is -2.39. The zero-order chi connectivity index (χ0) is 13.9. The fourth-order valence-corrected chi connectivity index (χ4v) is 3.31. The Hall–Kier alpha value is -0.890. The van der Waals surface area contributed by atoms with Gasteiger partial charge in [-0.2, -0.15) is 13.2 Å². The average Bonchev–Trinajstić information content (AvgIpc) is 3.00. The summed E-state index contributed by atoms with van der Waals surface area (Å²) in [6, 6.07) is 7.12. The van der Waals surface area contributed by atoms with E-state index >= 15 is 0 Å². The molecule has 19 heavy (non-hydrogen) atoms. The van der Waals surface area contributed by atoms with E-state index in [1.807, 2.05) is 35.0 Å². The number of nitrogens with one attached hydrogen (secondary N) is 1. The van der Waals surface area contributed by atoms with E-state index in [0.29, 0.717) is 0 Å². The summed E-state index contributed by atoms with van der Waals surface area (Å²) < 4.78 is 36.9. The van der Waals surface area contributed by atoms with Gasteiger partial charge in [0.15, 0.2) is 6.10 Å². The number of aliphatic hydroxyl groups excluding tert-OH is 1. The summed E-state index contributed by atoms with van der Waals surface area (Å²) in [7, 11) is 0. The molecule has 2 N–H and O–H groups in total. The maximum atomic E-state index is 12.3. The van der Waals surface area contributed by atoms with Crippen molar-refractivity contribution in [2.24, 2.45) is 0 Å². The van der Waals surface area contributed by atoms with Crippen LogP contribution in [0.25, 0.3) is 0 Å². The summed E-state index contributed by atoms with van der Waals surface area (Å²) in [5.74, 6) is 0. The Morgan fingerprint density at radius 3 is 2.00 bits per heavy atom. The third kappa shape index (κ3) is 3.79. The molecule has 2 aromatic heterocycles. The van der Waals surface area contributed by atoms with Gasteiger partial charge in [0.05, 0.1) is 6.04 Å². The Bertz CT molecular complexity index is 447. The van der Waals surface area contributed by atoms with Crippen molar-refractivity contribution >= 4 is 22.7 Å². The van der Waals surface area contributed by atoms with E-state index in [-0.39, 0.29) is 6.04 Å². The van der Waals surface area contributed by atoms with Gasteiger partial charge in [-0.1, -0.05) is 12.1 Å². The van der Waals surface area contributed by atoms with Gasteiger partial charge >= 0.3 is 6.18 Å². The first-order valence-electron chi connectivity index (χ1n) is 5.53. The molecule has 0 aromatic carbocycles. The molecule has 1 unspecified atom stereocenters. The first kappa shape index (κ1) is 14.5. The number of thiophene rings is 2. The van der Waals surface area contributed by atoms with E-state index in [2.05, 4.69) is 5.32 Å². The summed E-state index contributed by atoms with van der Waals surface area (Å²) in [6.45, 7) is -0.524. The van der Waals surface area contributed by atoms with Crippen LogP contribution in [0, 0.1) is 0 Å². The number of halogens is 3. The lowest BCUT2D eigenvalue weighted by Gasteiger charge is -2.20. The van der Waals surface area contributed by atoms with Crippen LogP contribution in [0.1, 0.15) is 15.8 Å². The number of hydrogen-bond acceptors (Lipinski definition) is 4. The first-order valence-corrected chi connectivity index (χ1v) is 7.29. The van der Waals surface area contributed by atoms with E-state index in [9.17, 15) is 13.2 Å². The van der Waals surface area contributed by atoms with Gasteiger partial charge in [0, 0.05) is 16.3 Å². The van der Waals surface area contributed by atoms with Crippen LogP contribution in [0.2, 0.25) is 0 Å². The van der Waals surface area contributed by atoms with E-state index in [4.69, 9.17) is 5.11 Å². The Balaban J connectivity index is 2.08. The van der Waals surface area contributed by atoms with Crippen molar-refractivity contribution in [3.63, 3.8) is 0 Å². The topological polar surface area (TPSA) is 32.3 Å². The summed E-state index contributed by atoms with van der Waals surface area (Å²) >= 11 is 2.94. The van der Waals surface area contributed by atoms with E-state index in [1.165, 1.54) is 22.7 Å². The number of rotatable bonds is 5. The van der Waals surface area contributed by atoms with Gasteiger partial charge in [0.25, 0.3) is 0 Å². The molecule has 1 atom stereocenters. The highest BCUT2D eigenvalue weighted by Crippen LogP contribution is 2.29. The molecule has 0 saturated heterocycles. The summed E-state index contributed by atoms with van der Waals surface area (Å²) in [5.41, 5.74) is 0. The number of aliphatic hydroxyl groups is 1. The first-order chi connectivity index (χ1) is 8.98. The second kappa shape index (κ2) is 6.04. The molecule has 0 aliphatic heterocycles. The molecule has 2 heterocycles. The van der Waals surface area contributed by atoms with Crippen molar-refractivity contribution in [1.82, 2.24) is 5.32 Å². The minimum Gasteiger partial charge on any atom is -0.382 e. The number of hydrogen-bond donors (Lipinski definition) is 2. The second-order valence-electron chi connectivity index (χ2n) is 3.93. The largest absolute Gasteiger partial charge is 0.415 e. The molecule has 0 fully saturated rings. The minimum atomic E-state index is -4.59. The summed E-state index contributed by atoms with van der Waals surface area (Å²) in [4.78, 5) is 1.86. The fraction of sp³-hybridized carbons (Fsp3) is 0.333. The van der Waals surface area contributed by atoms with Crippen LogP contribution in [-0.2, 0) is 0 Å². The molecule has 0 radical (unpaired) electrons. The van der Waals surface area contributed by atoms with Crippen molar-refractivity contribution in [1.29, 1.82) is 0 Å². The molecule has 0 aliphatic rings. The van der Waals surface area contributed by atoms with Crippen LogP contribution in [0.5, 0.6) is 0 Å². The van der Waals surface area contributed by atoms with Crippen molar-refractivity contribution in [3.8, 4) is 0 Å². The van der Waals surface area contributed by atoms with Gasteiger partial charge < -0.3 is 10.4 Å². The molecular weight excluding hydrogens is 295 g/mol. The fourth-order valence-electron chi connectivity index (χ4n) is 1.60. The molecule has 0 aliphatic carbocycles. The second-order valence-corrected chi connectivity index (χ2v) is 5.89. The molecule has 2 nitrogen and oxygen atoms in total. The minimum absolute atomic E-state index is 0.308. The highest BCUT2D eigenvalue weighted by Gasteiger charge is 2.38. The van der Waals surface area contributed by atoms with E-state index in [0.717, 1.165) is 9.75 Å². The van der Waals surface area contributed by atoms with Crippen LogP contribution in [0.3, 0.4) is 0 Å². The normalized spacial score (nSPS) is 13.9. The third-order valence-electron chi connectivity index (χ3n) is 2.55. The maximum Gasteiger partial charge on any atom is 0.415 e. The van der Waals surface area contributed by atoms with Crippen molar-refractivity contribution in [2.45, 2.75) is 18.3 Å². The highest BCUT2D eigenvalue weighted by molar-refractivity contribution is 7.11. The van der Waals surface area contributed by atoms with Crippen molar-refractivity contribution in [3.05, 3.63) is 44.8 Å². The molecule has 104 valence electrons. The van der Waals surface area contributed by atoms with Crippen LogP contribution >= 0.6 is 22.7 Å². The lowest BCUT2D eigenvalue weighted by molar-refractivity contribution is -0.202. The Kier molecular flexibility index (Phi) is 4.62.